The number of methoxy groups -OCH3 is 1. The van der Waals surface area contributed by atoms with E-state index in [4.69, 9.17) is 21.1 Å². The number of aromatic nitrogens is 2. The molecule has 3 rings (SSSR count). The van der Waals surface area contributed by atoms with E-state index >= 15 is 0 Å². The van der Waals surface area contributed by atoms with Gasteiger partial charge in [0.1, 0.15) is 0 Å². The normalized spacial score (nSPS) is 11.6. The number of nitrogens with one attached hydrogen (secondary N) is 1. The van der Waals surface area contributed by atoms with Crippen molar-refractivity contribution in [1.82, 2.24) is 15.1 Å². The van der Waals surface area contributed by atoms with Gasteiger partial charge in [0.25, 0.3) is 5.91 Å². The number of halogens is 1. The molecule has 1 N–H and O–H groups in total. The Kier molecular flexibility index (Phi) is 6.51. The number of rotatable bonds is 7. The highest BCUT2D eigenvalue weighted by Gasteiger charge is 2.21. The van der Waals surface area contributed by atoms with Crippen LogP contribution in [0, 0.1) is 0 Å². The van der Waals surface area contributed by atoms with Gasteiger partial charge < -0.3 is 14.8 Å². The molecule has 0 aliphatic rings. The fraction of sp³-hybridized carbons (Fsp3) is 0.190. The molecule has 8 heteroatoms. The van der Waals surface area contributed by atoms with Crippen molar-refractivity contribution >= 4 is 23.5 Å². The highest BCUT2D eigenvalue weighted by atomic mass is 35.5. The third-order valence-corrected chi connectivity index (χ3v) is 4.41. The lowest BCUT2D eigenvalue weighted by molar-refractivity contribution is -0.124. The van der Waals surface area contributed by atoms with Gasteiger partial charge in [-0.15, -0.1) is 0 Å². The predicted molar refractivity (Wildman–Crippen MR) is 108 cm³/mol. The highest BCUT2D eigenvalue weighted by Crippen LogP contribution is 2.20. The fourth-order valence-corrected chi connectivity index (χ4v) is 2.90. The first-order valence-corrected chi connectivity index (χ1v) is 9.26. The average Bonchev–Trinajstić information content (AvgIpc) is 3.17. The molecule has 1 heterocycles. The zero-order valence-electron chi connectivity index (χ0n) is 16.0. The molecule has 29 heavy (non-hydrogen) atoms. The average molecular weight is 414 g/mol. The quantitative estimate of drug-likeness (QED) is 0.599. The smallest absolute Gasteiger partial charge is 0.363 e. The molecular weight excluding hydrogens is 394 g/mol. The van der Waals surface area contributed by atoms with Gasteiger partial charge in [0.2, 0.25) is 5.69 Å². The lowest BCUT2D eigenvalue weighted by atomic mass is 10.1. The molecular formula is C21H20ClN3O4. The molecule has 1 amide bonds. The standard InChI is InChI=1S/C21H20ClN3O4/c1-14(15-7-6-8-16(22)11-15)23-19(26)13-29-21(27)20-18(28-2)12-25(24-20)17-9-4-3-5-10-17/h3-12,14H,13H2,1-2H3,(H,23,26)/t14-/m0/s1. The monoisotopic (exact) mass is 413 g/mol. The second-order valence-corrected chi connectivity index (χ2v) is 6.68. The van der Waals surface area contributed by atoms with Crippen molar-refractivity contribution in [3.05, 3.63) is 77.1 Å². The van der Waals surface area contributed by atoms with Crippen LogP contribution >= 0.6 is 11.6 Å². The Morgan fingerprint density at radius 2 is 1.93 bits per heavy atom. The third-order valence-electron chi connectivity index (χ3n) is 4.18. The van der Waals surface area contributed by atoms with Gasteiger partial charge in [0.05, 0.1) is 25.0 Å². The number of esters is 1. The van der Waals surface area contributed by atoms with Crippen LogP contribution in [0.25, 0.3) is 5.69 Å². The number of carbonyl (C=O) groups is 2. The summed E-state index contributed by atoms with van der Waals surface area (Å²) in [6.07, 6.45) is 1.58. The van der Waals surface area contributed by atoms with Gasteiger partial charge in [-0.25, -0.2) is 9.48 Å². The first-order chi connectivity index (χ1) is 14.0. The van der Waals surface area contributed by atoms with E-state index in [1.54, 1.807) is 24.4 Å². The van der Waals surface area contributed by atoms with Gasteiger partial charge in [-0.1, -0.05) is 41.9 Å². The van der Waals surface area contributed by atoms with Crippen molar-refractivity contribution < 1.29 is 19.1 Å². The molecule has 0 saturated heterocycles. The summed E-state index contributed by atoms with van der Waals surface area (Å²) >= 11 is 5.97. The van der Waals surface area contributed by atoms with Gasteiger partial charge in [-0.2, -0.15) is 5.10 Å². The van der Waals surface area contributed by atoms with E-state index in [-0.39, 0.29) is 17.5 Å². The van der Waals surface area contributed by atoms with Crippen LogP contribution in [0.3, 0.4) is 0 Å². The van der Waals surface area contributed by atoms with E-state index in [9.17, 15) is 9.59 Å². The topological polar surface area (TPSA) is 82.5 Å². The Labute approximate surface area is 173 Å². The molecule has 1 aromatic heterocycles. The molecule has 2 aromatic carbocycles. The molecule has 0 radical (unpaired) electrons. The molecule has 0 aliphatic heterocycles. The predicted octanol–water partition coefficient (Wildman–Crippen LogP) is 3.57. The number of benzene rings is 2. The summed E-state index contributed by atoms with van der Waals surface area (Å²) in [5.74, 6) is -0.930. The second kappa shape index (κ2) is 9.25. The number of ether oxygens (including phenoxy) is 2. The molecule has 0 aliphatic carbocycles. The molecule has 0 bridgehead atoms. The van der Waals surface area contributed by atoms with Gasteiger partial charge in [-0.3, -0.25) is 4.79 Å². The lowest BCUT2D eigenvalue weighted by Crippen LogP contribution is -2.31. The first kappa shape index (κ1) is 20.4. The van der Waals surface area contributed by atoms with Crippen LogP contribution < -0.4 is 10.1 Å². The van der Waals surface area contributed by atoms with Gasteiger partial charge >= 0.3 is 5.97 Å². The van der Waals surface area contributed by atoms with Crippen LogP contribution in [0.1, 0.15) is 29.0 Å². The summed E-state index contributed by atoms with van der Waals surface area (Å²) in [4.78, 5) is 24.5. The summed E-state index contributed by atoms with van der Waals surface area (Å²) < 4.78 is 11.8. The van der Waals surface area contributed by atoms with Crippen molar-refractivity contribution in [2.45, 2.75) is 13.0 Å². The molecule has 0 unspecified atom stereocenters. The van der Waals surface area contributed by atoms with E-state index < -0.39 is 18.5 Å². The first-order valence-electron chi connectivity index (χ1n) is 8.89. The van der Waals surface area contributed by atoms with E-state index in [1.807, 2.05) is 43.3 Å². The van der Waals surface area contributed by atoms with Gasteiger partial charge in [-0.05, 0) is 36.8 Å². The van der Waals surface area contributed by atoms with E-state index in [1.165, 1.54) is 11.8 Å². The summed E-state index contributed by atoms with van der Waals surface area (Å²) in [6, 6.07) is 16.1. The van der Waals surface area contributed by atoms with Crippen molar-refractivity contribution in [2.24, 2.45) is 0 Å². The van der Waals surface area contributed by atoms with E-state index in [0.717, 1.165) is 11.3 Å². The summed E-state index contributed by atoms with van der Waals surface area (Å²) in [5.41, 5.74) is 1.60. The number of amides is 1. The van der Waals surface area contributed by atoms with Crippen molar-refractivity contribution in [2.75, 3.05) is 13.7 Å². The number of para-hydroxylation sites is 1. The molecule has 0 saturated carbocycles. The maximum atomic E-state index is 12.4. The van der Waals surface area contributed by atoms with Crippen LogP contribution in [0.2, 0.25) is 5.02 Å². The van der Waals surface area contributed by atoms with Gasteiger partial charge in [0.15, 0.2) is 12.4 Å². The fourth-order valence-electron chi connectivity index (χ4n) is 2.70. The van der Waals surface area contributed by atoms with E-state index in [2.05, 4.69) is 10.4 Å². The Morgan fingerprint density at radius 1 is 1.17 bits per heavy atom. The number of nitrogens with zero attached hydrogens (tertiary/aromatic N) is 2. The molecule has 3 aromatic rings. The second-order valence-electron chi connectivity index (χ2n) is 6.25. The molecule has 150 valence electrons. The summed E-state index contributed by atoms with van der Waals surface area (Å²) in [5, 5.41) is 7.56. The molecule has 1 atom stereocenters. The number of hydrogen-bond donors (Lipinski definition) is 1. The largest absolute Gasteiger partial charge is 0.493 e. The third kappa shape index (κ3) is 5.14. The Hall–Kier alpha value is -3.32. The SMILES string of the molecule is COc1cn(-c2ccccc2)nc1C(=O)OCC(=O)N[C@@H](C)c1cccc(Cl)c1. The molecule has 7 nitrogen and oxygen atoms in total. The minimum Gasteiger partial charge on any atom is -0.493 e. The van der Waals surface area contributed by atoms with Crippen LogP contribution in [0.5, 0.6) is 5.75 Å². The molecule has 0 spiro atoms. The molecule has 0 fully saturated rings. The Balaban J connectivity index is 1.61. The van der Waals surface area contributed by atoms with E-state index in [0.29, 0.717) is 5.02 Å². The lowest BCUT2D eigenvalue weighted by Gasteiger charge is -2.14. The van der Waals surface area contributed by atoms with Gasteiger partial charge in [0, 0.05) is 5.02 Å². The zero-order chi connectivity index (χ0) is 20.8. The van der Waals surface area contributed by atoms with Crippen LogP contribution in [-0.2, 0) is 9.53 Å². The van der Waals surface area contributed by atoms with Crippen molar-refractivity contribution in [3.8, 4) is 11.4 Å². The number of hydrogen-bond acceptors (Lipinski definition) is 5. The maximum Gasteiger partial charge on any atom is 0.363 e. The Morgan fingerprint density at radius 3 is 2.62 bits per heavy atom. The summed E-state index contributed by atoms with van der Waals surface area (Å²) in [6.45, 7) is 1.38. The minimum atomic E-state index is -0.748. The van der Waals surface area contributed by atoms with Crippen LogP contribution in [-0.4, -0.2) is 35.4 Å². The van der Waals surface area contributed by atoms with Crippen LogP contribution in [0.4, 0.5) is 0 Å². The maximum absolute atomic E-state index is 12.4. The highest BCUT2D eigenvalue weighted by molar-refractivity contribution is 6.30. The van der Waals surface area contributed by atoms with Crippen molar-refractivity contribution in [3.63, 3.8) is 0 Å². The number of carbonyl (C=O) groups excluding carboxylic acids is 2. The summed E-state index contributed by atoms with van der Waals surface area (Å²) in [7, 11) is 1.43. The van der Waals surface area contributed by atoms with Crippen LogP contribution in [0.15, 0.2) is 60.8 Å². The zero-order valence-corrected chi connectivity index (χ0v) is 16.7. The Bertz CT molecular complexity index is 1000. The van der Waals surface area contributed by atoms with Crippen molar-refractivity contribution in [1.29, 1.82) is 0 Å². The minimum absolute atomic E-state index is 0.00737.